The fourth-order valence-electron chi connectivity index (χ4n) is 2.25. The van der Waals surface area contributed by atoms with Crippen LogP contribution in [0.1, 0.15) is 24.7 Å². The van der Waals surface area contributed by atoms with E-state index in [1.54, 1.807) is 0 Å². The van der Waals surface area contributed by atoms with Crippen LogP contribution in [0.4, 0.5) is 0 Å². The Hall–Kier alpha value is -1.36. The maximum Gasteiger partial charge on any atom is 0.134 e. The van der Waals surface area contributed by atoms with Crippen molar-refractivity contribution in [2.75, 3.05) is 33.8 Å². The van der Waals surface area contributed by atoms with Crippen LogP contribution in [0.25, 0.3) is 11.0 Å². The first kappa shape index (κ1) is 16.0. The summed E-state index contributed by atoms with van der Waals surface area (Å²) in [5.74, 6) is 0.995. The molecule has 2 rings (SSSR count). The number of rotatable bonds is 9. The number of likely N-dealkylation sites (N-methyl/N-ethyl adjacent to an activating group) is 1. The number of nitrogens with one attached hydrogen (secondary N) is 1. The van der Waals surface area contributed by atoms with Gasteiger partial charge in [-0.1, -0.05) is 25.1 Å². The molecule has 4 nitrogen and oxygen atoms in total. The first-order valence-corrected chi connectivity index (χ1v) is 7.64. The number of benzene rings is 1. The number of hydrogen-bond acceptors (Lipinski definition) is 4. The molecule has 0 unspecified atom stereocenters. The van der Waals surface area contributed by atoms with Crippen molar-refractivity contribution in [3.63, 3.8) is 0 Å². The average molecular weight is 290 g/mol. The summed E-state index contributed by atoms with van der Waals surface area (Å²) in [4.78, 5) is 2.12. The van der Waals surface area contributed by atoms with Crippen molar-refractivity contribution in [1.82, 2.24) is 10.2 Å². The van der Waals surface area contributed by atoms with Gasteiger partial charge in [0.2, 0.25) is 0 Å². The van der Waals surface area contributed by atoms with E-state index in [1.807, 2.05) is 18.2 Å². The SMILES string of the molecule is CCCNCc1oc2ccccc2c1COCCN(C)C. The number of furan rings is 1. The Labute approximate surface area is 127 Å². The zero-order valence-corrected chi connectivity index (χ0v) is 13.3. The average Bonchev–Trinajstić information content (AvgIpc) is 2.81. The molecule has 1 aromatic carbocycles. The smallest absolute Gasteiger partial charge is 0.134 e. The highest BCUT2D eigenvalue weighted by Crippen LogP contribution is 2.26. The Balaban J connectivity index is 2.07. The molecule has 2 aromatic rings. The number of nitrogens with zero attached hydrogens (tertiary/aromatic N) is 1. The van der Waals surface area contributed by atoms with Crippen molar-refractivity contribution in [3.8, 4) is 0 Å². The quantitative estimate of drug-likeness (QED) is 0.720. The highest BCUT2D eigenvalue weighted by Gasteiger charge is 2.13. The highest BCUT2D eigenvalue weighted by atomic mass is 16.5. The van der Waals surface area contributed by atoms with E-state index >= 15 is 0 Å². The summed E-state index contributed by atoms with van der Waals surface area (Å²) >= 11 is 0. The van der Waals surface area contributed by atoms with Crippen LogP contribution in [-0.4, -0.2) is 38.7 Å². The molecule has 0 amide bonds. The molecule has 0 saturated carbocycles. The van der Waals surface area contributed by atoms with Crippen LogP contribution in [0.5, 0.6) is 0 Å². The minimum Gasteiger partial charge on any atom is -0.459 e. The normalized spacial score (nSPS) is 11.6. The molecule has 0 saturated heterocycles. The van der Waals surface area contributed by atoms with Crippen LogP contribution < -0.4 is 5.32 Å². The molecule has 0 aliphatic carbocycles. The molecule has 4 heteroatoms. The lowest BCUT2D eigenvalue weighted by Crippen LogP contribution is -2.18. The second-order valence-electron chi connectivity index (χ2n) is 5.53. The molecule has 0 spiro atoms. The molecule has 1 N–H and O–H groups in total. The fourth-order valence-corrected chi connectivity index (χ4v) is 2.25. The van der Waals surface area contributed by atoms with Gasteiger partial charge in [-0.05, 0) is 33.1 Å². The Kier molecular flexibility index (Phi) is 6.23. The van der Waals surface area contributed by atoms with E-state index in [9.17, 15) is 0 Å². The second kappa shape index (κ2) is 8.17. The zero-order chi connectivity index (χ0) is 15.1. The molecular formula is C17H26N2O2. The molecular weight excluding hydrogens is 264 g/mol. The van der Waals surface area contributed by atoms with Crippen molar-refractivity contribution in [2.24, 2.45) is 0 Å². The van der Waals surface area contributed by atoms with E-state index in [4.69, 9.17) is 9.15 Å². The summed E-state index contributed by atoms with van der Waals surface area (Å²) < 4.78 is 11.8. The van der Waals surface area contributed by atoms with Gasteiger partial charge >= 0.3 is 0 Å². The van der Waals surface area contributed by atoms with Crippen molar-refractivity contribution < 1.29 is 9.15 Å². The monoisotopic (exact) mass is 290 g/mol. The summed E-state index contributed by atoms with van der Waals surface area (Å²) in [5.41, 5.74) is 2.12. The molecule has 0 fully saturated rings. The van der Waals surface area contributed by atoms with Gasteiger partial charge in [-0.15, -0.1) is 0 Å². The van der Waals surface area contributed by atoms with Crippen LogP contribution in [0.2, 0.25) is 0 Å². The van der Waals surface area contributed by atoms with E-state index < -0.39 is 0 Å². The van der Waals surface area contributed by atoms with Crippen molar-refractivity contribution in [1.29, 1.82) is 0 Å². The Bertz CT molecular complexity index is 549. The zero-order valence-electron chi connectivity index (χ0n) is 13.3. The summed E-state index contributed by atoms with van der Waals surface area (Å²) in [5, 5.41) is 4.57. The van der Waals surface area contributed by atoms with Gasteiger partial charge in [0, 0.05) is 17.5 Å². The molecule has 0 atom stereocenters. The third-order valence-electron chi connectivity index (χ3n) is 3.42. The minimum absolute atomic E-state index is 0.605. The van der Waals surface area contributed by atoms with Gasteiger partial charge in [0.1, 0.15) is 11.3 Å². The third-order valence-corrected chi connectivity index (χ3v) is 3.42. The van der Waals surface area contributed by atoms with Gasteiger partial charge in [-0.25, -0.2) is 0 Å². The lowest BCUT2D eigenvalue weighted by molar-refractivity contribution is 0.105. The van der Waals surface area contributed by atoms with Crippen molar-refractivity contribution in [3.05, 3.63) is 35.6 Å². The number of para-hydroxylation sites is 1. The molecule has 1 heterocycles. The molecule has 0 aliphatic heterocycles. The van der Waals surface area contributed by atoms with E-state index in [1.165, 1.54) is 5.56 Å². The Morgan fingerprint density at radius 1 is 1.24 bits per heavy atom. The topological polar surface area (TPSA) is 37.6 Å². The van der Waals surface area contributed by atoms with Gasteiger partial charge in [0.05, 0.1) is 19.8 Å². The number of hydrogen-bond donors (Lipinski definition) is 1. The van der Waals surface area contributed by atoms with E-state index in [0.717, 1.165) is 49.4 Å². The van der Waals surface area contributed by atoms with E-state index in [0.29, 0.717) is 6.61 Å². The first-order valence-electron chi connectivity index (χ1n) is 7.64. The third kappa shape index (κ3) is 4.56. The van der Waals surface area contributed by atoms with E-state index in [-0.39, 0.29) is 0 Å². The fraction of sp³-hybridized carbons (Fsp3) is 0.529. The van der Waals surface area contributed by atoms with Crippen LogP contribution in [0, 0.1) is 0 Å². The molecule has 0 bridgehead atoms. The summed E-state index contributed by atoms with van der Waals surface area (Å²) in [6, 6.07) is 8.17. The molecule has 116 valence electrons. The maximum absolute atomic E-state index is 5.97. The Morgan fingerprint density at radius 3 is 2.81 bits per heavy atom. The summed E-state index contributed by atoms with van der Waals surface area (Å²) in [6.07, 6.45) is 1.12. The summed E-state index contributed by atoms with van der Waals surface area (Å²) in [7, 11) is 4.10. The lowest BCUT2D eigenvalue weighted by Gasteiger charge is -2.10. The highest BCUT2D eigenvalue weighted by molar-refractivity contribution is 5.82. The number of fused-ring (bicyclic) bond motifs is 1. The maximum atomic E-state index is 5.97. The first-order chi connectivity index (χ1) is 10.2. The largest absolute Gasteiger partial charge is 0.459 e. The van der Waals surface area contributed by atoms with Crippen molar-refractivity contribution in [2.45, 2.75) is 26.5 Å². The van der Waals surface area contributed by atoms with Gasteiger partial charge in [0.15, 0.2) is 0 Å². The standard InChI is InChI=1S/C17H26N2O2/c1-4-9-18-12-17-15(13-20-11-10-19(2)3)14-7-5-6-8-16(14)21-17/h5-8,18H,4,9-13H2,1-3H3. The Morgan fingerprint density at radius 2 is 2.05 bits per heavy atom. The van der Waals surface area contributed by atoms with Crippen LogP contribution >= 0.6 is 0 Å². The number of ether oxygens (including phenoxy) is 1. The molecule has 0 aliphatic rings. The predicted octanol–water partition coefficient (Wildman–Crippen LogP) is 3.01. The van der Waals surface area contributed by atoms with Gasteiger partial charge < -0.3 is 19.4 Å². The van der Waals surface area contributed by atoms with Crippen LogP contribution in [-0.2, 0) is 17.9 Å². The van der Waals surface area contributed by atoms with Gasteiger partial charge in [0.25, 0.3) is 0 Å². The molecule has 0 radical (unpaired) electrons. The van der Waals surface area contributed by atoms with E-state index in [2.05, 4.69) is 37.3 Å². The van der Waals surface area contributed by atoms with Gasteiger partial charge in [-0.3, -0.25) is 0 Å². The predicted molar refractivity (Wildman–Crippen MR) is 86.4 cm³/mol. The lowest BCUT2D eigenvalue weighted by atomic mass is 10.1. The molecule has 1 aromatic heterocycles. The summed E-state index contributed by atoms with van der Waals surface area (Å²) in [6.45, 7) is 6.19. The van der Waals surface area contributed by atoms with Gasteiger partial charge in [-0.2, -0.15) is 0 Å². The minimum atomic E-state index is 0.605. The second-order valence-corrected chi connectivity index (χ2v) is 5.53. The molecule has 21 heavy (non-hydrogen) atoms. The van der Waals surface area contributed by atoms with Crippen molar-refractivity contribution >= 4 is 11.0 Å². The van der Waals surface area contributed by atoms with Crippen LogP contribution in [0.3, 0.4) is 0 Å². The van der Waals surface area contributed by atoms with Crippen LogP contribution in [0.15, 0.2) is 28.7 Å².